The van der Waals surface area contributed by atoms with Gasteiger partial charge in [0, 0.05) is 10.0 Å². The molecule has 82 valence electrons. The van der Waals surface area contributed by atoms with E-state index in [0.717, 1.165) is 10.0 Å². The van der Waals surface area contributed by atoms with Crippen molar-refractivity contribution >= 4 is 21.9 Å². The Kier molecular flexibility index (Phi) is 4.58. The molecule has 4 nitrogen and oxygen atoms in total. The normalized spacial score (nSPS) is 9.76. The molecule has 1 aromatic heterocycles. The predicted octanol–water partition coefficient (Wildman–Crippen LogP) is -1.22. The van der Waals surface area contributed by atoms with Crippen molar-refractivity contribution in [3.63, 3.8) is 0 Å². The molecule has 0 atom stereocenters. The second kappa shape index (κ2) is 5.54. The maximum atomic E-state index is 10.6. The van der Waals surface area contributed by atoms with Crippen molar-refractivity contribution in [1.82, 2.24) is 4.98 Å². The smallest absolute Gasteiger partial charge is 0.540 e. The number of carboxylic acids is 1. The minimum Gasteiger partial charge on any atom is -0.540 e. The number of carbonyl (C=O) groups is 1. The Balaban J connectivity index is 0.00000144. The van der Waals surface area contributed by atoms with E-state index in [1.54, 1.807) is 6.92 Å². The summed E-state index contributed by atoms with van der Waals surface area (Å²) in [7, 11) is 0. The number of carbonyl (C=O) groups excluding carboxylic acids is 1. The van der Waals surface area contributed by atoms with Crippen LogP contribution in [0.2, 0.25) is 0 Å². The van der Waals surface area contributed by atoms with Crippen LogP contribution >= 0.6 is 15.9 Å². The zero-order chi connectivity index (χ0) is 11.7. The second-order valence-electron chi connectivity index (χ2n) is 3.23. The Morgan fingerprint density at radius 2 is 2.18 bits per heavy atom. The van der Waals surface area contributed by atoms with E-state index in [9.17, 15) is 9.90 Å². The summed E-state index contributed by atoms with van der Waals surface area (Å²) >= 11 is 3.33. The number of carboxylic acid groups (broad SMARTS) is 1. The molecule has 6 heteroatoms. The van der Waals surface area contributed by atoms with E-state index in [2.05, 4.69) is 20.9 Å². The Bertz CT molecular complexity index is 553. The molecule has 1 aromatic carbocycles. The van der Waals surface area contributed by atoms with Crippen LogP contribution in [-0.2, 0) is 0 Å². The van der Waals surface area contributed by atoms with Gasteiger partial charge in [0.25, 0.3) is 0 Å². The molecule has 0 N–H and O–H groups in total. The van der Waals surface area contributed by atoms with E-state index in [-0.39, 0.29) is 18.9 Å². The first-order valence-corrected chi connectivity index (χ1v) is 5.32. The molecule has 2 rings (SSSR count). The number of rotatable bonds is 2. The number of aromatic carboxylic acids is 1. The number of nitrogens with zero attached hydrogens (tertiary/aromatic N) is 1. The number of aromatic nitrogens is 1. The van der Waals surface area contributed by atoms with Gasteiger partial charge in [0.15, 0.2) is 5.76 Å². The zero-order valence-corrected chi connectivity index (χ0v) is 10.9. The Hall–Kier alpha value is -1.02. The maximum Gasteiger partial charge on any atom is 1.00 e. The molecule has 0 saturated carbocycles. The van der Waals surface area contributed by atoms with Crippen LogP contribution in [0.5, 0.6) is 0 Å². The Labute approximate surface area is 118 Å². The summed E-state index contributed by atoms with van der Waals surface area (Å²) < 4.78 is 6.01. The molecule has 17 heavy (non-hydrogen) atoms. The van der Waals surface area contributed by atoms with E-state index >= 15 is 0 Å². The number of hydrogen-bond donors (Lipinski definition) is 0. The number of benzene rings is 1. The van der Waals surface area contributed by atoms with E-state index in [1.165, 1.54) is 0 Å². The van der Waals surface area contributed by atoms with Crippen LogP contribution in [0.4, 0.5) is 0 Å². The largest absolute Gasteiger partial charge is 1.00 e. The van der Waals surface area contributed by atoms with Crippen molar-refractivity contribution in [2.24, 2.45) is 0 Å². The Morgan fingerprint density at radius 3 is 2.71 bits per heavy atom. The quantitative estimate of drug-likeness (QED) is 0.650. The van der Waals surface area contributed by atoms with Crippen LogP contribution in [0.3, 0.4) is 0 Å². The predicted molar refractivity (Wildman–Crippen MR) is 58.7 cm³/mol. The first kappa shape index (κ1) is 14.0. The van der Waals surface area contributed by atoms with Crippen molar-refractivity contribution in [2.45, 2.75) is 6.92 Å². The fourth-order valence-corrected chi connectivity index (χ4v) is 1.78. The number of aryl methyl sites for hydroxylation is 1. The minimum absolute atomic E-state index is 0. The molecule has 0 radical (unpaired) electrons. The van der Waals surface area contributed by atoms with Gasteiger partial charge in [0.2, 0.25) is 5.89 Å². The number of oxazole rings is 1. The van der Waals surface area contributed by atoms with Gasteiger partial charge in [-0.1, -0.05) is 28.1 Å². The van der Waals surface area contributed by atoms with Gasteiger partial charge in [-0.15, -0.1) is 0 Å². The van der Waals surface area contributed by atoms with E-state index in [1.807, 2.05) is 24.3 Å². The molecule has 2 aromatic rings. The van der Waals surface area contributed by atoms with Gasteiger partial charge >= 0.3 is 18.9 Å². The standard InChI is InChI=1S/C11H8BrNO3.Li/c1-6-9(16-10(13-6)11(14)15)7-3-2-4-8(12)5-7;/h2-5H,1H3,(H,14,15);/q;+1/p-1. The van der Waals surface area contributed by atoms with Gasteiger partial charge in [0.05, 0.1) is 5.69 Å². The monoisotopic (exact) mass is 287 g/mol. The molecule has 0 fully saturated rings. The first-order chi connectivity index (χ1) is 7.58. The summed E-state index contributed by atoms with van der Waals surface area (Å²) in [5, 5.41) is 10.6. The molecule has 0 aliphatic rings. The molecule has 0 amide bonds. The Morgan fingerprint density at radius 1 is 1.47 bits per heavy atom. The van der Waals surface area contributed by atoms with Gasteiger partial charge in [-0.05, 0) is 19.1 Å². The summed E-state index contributed by atoms with van der Waals surface area (Å²) in [6.45, 7) is 1.69. The molecular weight excluding hydrogens is 281 g/mol. The average molecular weight is 288 g/mol. The minimum atomic E-state index is -1.41. The third kappa shape index (κ3) is 3.00. The molecule has 0 unspecified atom stereocenters. The molecule has 0 aliphatic carbocycles. The van der Waals surface area contributed by atoms with E-state index < -0.39 is 11.9 Å². The van der Waals surface area contributed by atoms with E-state index in [0.29, 0.717) is 11.5 Å². The van der Waals surface area contributed by atoms with Crippen LogP contribution in [0.15, 0.2) is 33.2 Å². The summed E-state index contributed by atoms with van der Waals surface area (Å²) in [5.41, 5.74) is 1.30. The van der Waals surface area contributed by atoms with Gasteiger partial charge in [-0.3, -0.25) is 0 Å². The fourth-order valence-electron chi connectivity index (χ4n) is 1.38. The van der Waals surface area contributed by atoms with Crippen LogP contribution in [-0.4, -0.2) is 11.0 Å². The molecule has 0 saturated heterocycles. The molecule has 1 heterocycles. The fraction of sp³-hybridized carbons (Fsp3) is 0.0909. The first-order valence-electron chi connectivity index (χ1n) is 4.52. The number of hydrogen-bond acceptors (Lipinski definition) is 4. The molecular formula is C11H7BrLiNO3. The zero-order valence-electron chi connectivity index (χ0n) is 9.36. The van der Waals surface area contributed by atoms with E-state index in [4.69, 9.17) is 4.42 Å². The summed E-state index contributed by atoms with van der Waals surface area (Å²) in [6.07, 6.45) is 0. The molecule has 0 aliphatic heterocycles. The van der Waals surface area contributed by atoms with Crippen LogP contribution in [0.25, 0.3) is 11.3 Å². The molecule has 0 bridgehead atoms. The van der Waals surface area contributed by atoms with Gasteiger partial charge < -0.3 is 14.3 Å². The van der Waals surface area contributed by atoms with Gasteiger partial charge in [0.1, 0.15) is 5.97 Å². The van der Waals surface area contributed by atoms with Crippen LogP contribution in [0, 0.1) is 6.92 Å². The second-order valence-corrected chi connectivity index (χ2v) is 4.15. The van der Waals surface area contributed by atoms with Crippen LogP contribution < -0.4 is 24.0 Å². The third-order valence-electron chi connectivity index (χ3n) is 2.06. The van der Waals surface area contributed by atoms with Gasteiger partial charge in [-0.2, -0.15) is 0 Å². The van der Waals surface area contributed by atoms with Crippen molar-refractivity contribution in [3.05, 3.63) is 40.3 Å². The maximum absolute atomic E-state index is 10.6. The van der Waals surface area contributed by atoms with Gasteiger partial charge in [-0.25, -0.2) is 4.98 Å². The summed E-state index contributed by atoms with van der Waals surface area (Å²) in [4.78, 5) is 14.4. The topological polar surface area (TPSA) is 66.2 Å². The summed E-state index contributed by atoms with van der Waals surface area (Å²) in [5.74, 6) is -1.36. The van der Waals surface area contributed by atoms with Crippen molar-refractivity contribution in [3.8, 4) is 11.3 Å². The van der Waals surface area contributed by atoms with Crippen molar-refractivity contribution < 1.29 is 33.2 Å². The average Bonchev–Trinajstić information content (AvgIpc) is 2.60. The van der Waals surface area contributed by atoms with Crippen molar-refractivity contribution in [2.75, 3.05) is 0 Å². The SMILES string of the molecule is Cc1nc(C(=O)[O-])oc1-c1cccc(Br)c1.[Li+]. The van der Waals surface area contributed by atoms with Crippen molar-refractivity contribution in [1.29, 1.82) is 0 Å². The summed E-state index contributed by atoms with van der Waals surface area (Å²) in [6, 6.07) is 7.35. The number of halogens is 1. The molecule has 0 spiro atoms. The van der Waals surface area contributed by atoms with Crippen LogP contribution in [0.1, 0.15) is 16.4 Å². The third-order valence-corrected chi connectivity index (χ3v) is 2.55.